The Morgan fingerprint density at radius 3 is 0.938 bits per heavy atom. The number of benzene rings is 6. The lowest BCUT2D eigenvalue weighted by atomic mass is 10.1. The lowest BCUT2D eigenvalue weighted by Crippen LogP contribution is -2.29. The maximum Gasteiger partial charge on any atom is 0.412 e. The van der Waals surface area contributed by atoms with Crippen LogP contribution in [0.1, 0.15) is 48.0 Å². The zero-order valence-corrected chi connectivity index (χ0v) is 87.8. The molecule has 0 bridgehead atoms. The van der Waals surface area contributed by atoms with Gasteiger partial charge < -0.3 is 65.2 Å². The quantitative estimate of drug-likeness (QED) is 0.0209. The molecule has 36 nitrogen and oxygen atoms in total. The van der Waals surface area contributed by atoms with Crippen LogP contribution in [0.5, 0.6) is 34.5 Å². The van der Waals surface area contributed by atoms with Crippen molar-refractivity contribution in [2.75, 3.05) is 45.2 Å². The van der Waals surface area contributed by atoms with E-state index in [4.69, 9.17) is 37.9 Å². The number of rotatable bonds is 22. The van der Waals surface area contributed by atoms with Crippen molar-refractivity contribution in [3.05, 3.63) is 140 Å². The molecule has 0 saturated carbocycles. The first-order chi connectivity index (χ1) is 51.2. The molecule has 0 unspecified atom stereocenters. The van der Waals surface area contributed by atoms with E-state index in [0.717, 1.165) is 21.4 Å². The van der Waals surface area contributed by atoms with E-state index in [1.807, 2.05) is 222 Å². The van der Waals surface area contributed by atoms with Crippen LogP contribution >= 0.6 is 271 Å². The molecule has 6 aromatic carbocycles. The Morgan fingerprint density at radius 2 is 0.611 bits per heavy atom. The number of amides is 2. The molecule has 54 heteroatoms. The van der Waals surface area contributed by atoms with Gasteiger partial charge in [-0.25, -0.2) is 60.1 Å². The van der Waals surface area contributed by atoms with Crippen LogP contribution < -0.4 is 39.1 Å². The predicted molar refractivity (Wildman–Crippen MR) is 497 cm³/mol. The smallest absolute Gasteiger partial charge is 0.412 e. The zero-order chi connectivity index (χ0) is 87.5. The van der Waals surface area contributed by atoms with Gasteiger partial charge in [0.05, 0.1) is 21.4 Å². The Morgan fingerprint density at radius 1 is 0.327 bits per heavy atom. The van der Waals surface area contributed by atoms with E-state index in [0.29, 0.717) is 39.2 Å². The molecule has 0 aromatic heterocycles. The first kappa shape index (κ1) is 110. The van der Waals surface area contributed by atoms with Gasteiger partial charge in [0, 0.05) is 32.8 Å². The highest BCUT2D eigenvalue weighted by atomic mass is 127. The van der Waals surface area contributed by atoms with Crippen molar-refractivity contribution in [1.82, 2.24) is 0 Å². The molecule has 0 spiro atoms. The number of hydrogen-bond acceptors (Lipinski definition) is 34. The minimum Gasteiger partial charge on any atom is -0.748 e. The van der Waals surface area contributed by atoms with Crippen LogP contribution in [0, 0.1) is 42.8 Å². The van der Waals surface area contributed by atoms with E-state index in [1.54, 1.807) is 83.1 Å². The first-order valence-electron chi connectivity index (χ1n) is 28.8. The van der Waals surface area contributed by atoms with Crippen LogP contribution in [0.2, 0.25) is 0 Å². The standard InChI is InChI=1S/C14H18INO7S.C13H16INO7S.2C8H5I3O5S.2C8H6I2O5S/c1-4-14(2,3)23-13(18)16-9-5-6-11(10(15)7-9)22-12(17)8-24(19,20)21;1-13(2,3)22-12(17)15-8-4-5-10(9(14)6-8)21-11(16)7-23(18,19)20;9-4-1-5(10)8(11)6(2-4)16-7(12)3-17(13,14)15;9-4-1-5(10)8(6(11)2-4)16-7(12)3-17(13,14)15;9-5-1-6(10)3-7(2-5)15-8(11)4-16(12,13)14;9-5-1-2-7(6(10)3-5)15-8(11)4-16(12,13)14/h5-7H,4,8H2,1-3H3,(H,16,18)(H,19,20,21);4-6H,7H2,1-3H3,(H,15,17)(H,18,19,20);2*1-2H,3H2,(H,13,14,15);2*1-3H,4H2,(H,12,13,14)/p-6. The number of carbonyl (C=O) groups is 8. The van der Waals surface area contributed by atoms with Crippen molar-refractivity contribution in [3.63, 3.8) is 0 Å². The Bertz CT molecular complexity index is 5190. The molecule has 0 saturated heterocycles. The van der Waals surface area contributed by atoms with E-state index in [-0.39, 0.29) is 34.5 Å². The van der Waals surface area contributed by atoms with Gasteiger partial charge in [0.15, 0.2) is 5.75 Å². The number of halogens is 12. The SMILES string of the molecule is CC(C)(C)OC(=O)Nc1ccc(OC(=O)CS(=O)(=O)[O-])c(I)c1.CCC(C)(C)OC(=O)Nc1ccc(OC(=O)CS(=O)(=O)[O-])c(I)c1.O=C(CS(=O)(=O)[O-])Oc1c(I)cc(I)cc1I.O=C(CS(=O)(=O)[O-])Oc1cc(I)cc(I)c1.O=C(CS(=O)(=O)[O-])Oc1cc(I)cc(I)c1I.O=C(CS(=O)(=O)[O-])Oc1ccc(I)cc1I. The summed E-state index contributed by atoms with van der Waals surface area (Å²) in [5.41, 5.74) is -0.431. The highest BCUT2D eigenvalue weighted by Crippen LogP contribution is 2.32. The third-order valence-corrected chi connectivity index (χ3v) is 24.6. The Balaban J connectivity index is 0.000000683. The number of nitrogens with one attached hydrogen (secondary N) is 2. The highest BCUT2D eigenvalue weighted by molar-refractivity contribution is 14.1. The molecule has 0 heterocycles. The van der Waals surface area contributed by atoms with Gasteiger partial charge in [-0.2, -0.15) is 0 Å². The zero-order valence-electron chi connectivity index (χ0n) is 57.1. The summed E-state index contributed by atoms with van der Waals surface area (Å²) in [6.45, 7) is 10.6. The normalized spacial score (nSPS) is 11.4. The molecule has 2 N–H and O–H groups in total. The van der Waals surface area contributed by atoms with Gasteiger partial charge in [-0.05, 0) is 409 Å². The van der Waals surface area contributed by atoms with E-state index in [2.05, 4.69) is 78.4 Å². The van der Waals surface area contributed by atoms with Crippen LogP contribution in [-0.4, -0.2) is 172 Å². The second-order valence-corrected chi connectivity index (χ2v) is 44.9. The third kappa shape index (κ3) is 53.4. The van der Waals surface area contributed by atoms with E-state index in [1.165, 1.54) is 36.4 Å². The number of carbonyl (C=O) groups excluding carboxylic acids is 8. The van der Waals surface area contributed by atoms with E-state index in [9.17, 15) is 116 Å². The van der Waals surface area contributed by atoms with Crippen molar-refractivity contribution >= 4 is 391 Å². The maximum atomic E-state index is 11.8. The summed E-state index contributed by atoms with van der Waals surface area (Å²) < 4.78 is 235. The second kappa shape index (κ2) is 49.9. The summed E-state index contributed by atoms with van der Waals surface area (Å²) in [5.74, 6) is -12.6. The number of ether oxygens (including phenoxy) is 8. The van der Waals surface area contributed by atoms with Gasteiger partial charge in [0.2, 0.25) is 0 Å². The number of hydrogen-bond donors (Lipinski definition) is 2. The summed E-state index contributed by atoms with van der Waals surface area (Å²) >= 11 is 23.9. The number of anilines is 2. The lowest BCUT2D eigenvalue weighted by Gasteiger charge is -2.23. The van der Waals surface area contributed by atoms with Gasteiger partial charge in [-0.3, -0.25) is 39.4 Å². The topological polar surface area (TPSA) is 578 Å². The third-order valence-electron chi connectivity index (χ3n) is 10.7. The Kier molecular flexibility index (Phi) is 48.5. The summed E-state index contributed by atoms with van der Waals surface area (Å²) in [6.07, 6.45) is -0.620. The fraction of sp³-hybridized carbons (Fsp3) is 0.254. The molecule has 0 fully saturated rings. The summed E-state index contributed by atoms with van der Waals surface area (Å²) in [4.78, 5) is 90.6. The summed E-state index contributed by atoms with van der Waals surface area (Å²) in [6, 6.07) is 25.7. The average Bonchev–Trinajstić information content (AvgIpc) is 0.852. The minimum absolute atomic E-state index is 0.0778. The van der Waals surface area contributed by atoms with E-state index < -0.39 is 154 Å². The van der Waals surface area contributed by atoms with Gasteiger partial charge in [0.1, 0.15) is 135 Å². The fourth-order valence-corrected chi connectivity index (χ4v) is 19.3. The molecule has 0 aliphatic carbocycles. The van der Waals surface area contributed by atoms with Crippen molar-refractivity contribution in [1.29, 1.82) is 0 Å². The van der Waals surface area contributed by atoms with Gasteiger partial charge in [-0.15, -0.1) is 0 Å². The molecule has 0 aliphatic heterocycles. The molecular weight excluding hydrogens is 3000 g/mol. The second-order valence-electron chi connectivity index (χ2n) is 22.2. The average molecular weight is 3050 g/mol. The fourth-order valence-electron chi connectivity index (χ4n) is 6.37. The molecular formula is C59H50I12N2O34S6-6. The van der Waals surface area contributed by atoms with Crippen LogP contribution in [0.3, 0.4) is 0 Å². The monoisotopic (exact) mass is 3040 g/mol. The summed E-state index contributed by atoms with van der Waals surface area (Å²) in [7, 11) is -27.8. The minimum atomic E-state index is -4.70. The predicted octanol–water partition coefficient (Wildman–Crippen LogP) is 11.2. The van der Waals surface area contributed by atoms with Crippen LogP contribution in [-0.2, 0) is 98.9 Å². The molecule has 0 aliphatic rings. The van der Waals surface area contributed by atoms with Crippen molar-refractivity contribution < 1.29 is 154 Å². The van der Waals surface area contributed by atoms with Crippen LogP contribution in [0.4, 0.5) is 21.0 Å². The van der Waals surface area contributed by atoms with E-state index >= 15 is 0 Å². The van der Waals surface area contributed by atoms with Gasteiger partial charge >= 0.3 is 48.0 Å². The van der Waals surface area contributed by atoms with Gasteiger partial charge in [0.25, 0.3) is 0 Å². The maximum absolute atomic E-state index is 11.8. The summed E-state index contributed by atoms with van der Waals surface area (Å²) in [5, 5.41) is 5.05. The molecule has 113 heavy (non-hydrogen) atoms. The Labute approximate surface area is 810 Å². The molecule has 0 atom stereocenters. The molecule has 626 valence electrons. The van der Waals surface area contributed by atoms with Gasteiger partial charge in [-0.1, -0.05) is 6.92 Å². The first-order valence-corrected chi connectivity index (χ1v) is 51.2. The largest absolute Gasteiger partial charge is 0.748 e. The molecule has 6 rings (SSSR count). The molecule has 6 aromatic rings. The lowest BCUT2D eigenvalue weighted by molar-refractivity contribution is -0.132. The highest BCUT2D eigenvalue weighted by Gasteiger charge is 2.23. The van der Waals surface area contributed by atoms with Crippen molar-refractivity contribution in [3.8, 4) is 34.5 Å². The molecule has 2 amide bonds. The molecule has 0 radical (unpaired) electrons. The van der Waals surface area contributed by atoms with Crippen molar-refractivity contribution in [2.45, 2.75) is 59.2 Å². The van der Waals surface area contributed by atoms with Crippen LogP contribution in [0.15, 0.2) is 97.1 Å². The van der Waals surface area contributed by atoms with Crippen molar-refractivity contribution in [2.24, 2.45) is 0 Å². The number of esters is 6. The van der Waals surface area contributed by atoms with Crippen LogP contribution in [0.25, 0.3) is 0 Å². The Hall–Kier alpha value is -1.10.